The van der Waals surface area contributed by atoms with Gasteiger partial charge < -0.3 is 9.66 Å². The number of phenols is 1. The minimum absolute atomic E-state index is 0.0624. The van der Waals surface area contributed by atoms with Crippen LogP contribution in [0.15, 0.2) is 108 Å². The maximum atomic E-state index is 11.3. The van der Waals surface area contributed by atoms with Crippen molar-refractivity contribution in [3.05, 3.63) is 114 Å². The molecule has 0 unspecified atom stereocenters. The Labute approximate surface area is 298 Å². The second-order valence-electron chi connectivity index (χ2n) is 15.2. The summed E-state index contributed by atoms with van der Waals surface area (Å²) < 4.78 is 33.8. The van der Waals surface area contributed by atoms with Crippen molar-refractivity contribution in [1.29, 1.82) is 0 Å². The zero-order valence-electron chi connectivity index (χ0n) is 30.9. The van der Waals surface area contributed by atoms with Crippen LogP contribution in [-0.4, -0.2) is 24.2 Å². The summed E-state index contributed by atoms with van der Waals surface area (Å²) in [5, 5.41) is 14.9. The summed E-state index contributed by atoms with van der Waals surface area (Å²) in [5.74, 6) is 0.0624. The molecule has 0 bridgehead atoms. The lowest BCUT2D eigenvalue weighted by Gasteiger charge is -2.28. The van der Waals surface area contributed by atoms with E-state index in [4.69, 9.17) is 0 Å². The molecule has 0 spiro atoms. The molecule has 6 heteroatoms. The minimum atomic E-state index is -4.55. The molecule has 0 aliphatic heterocycles. The quantitative estimate of drug-likeness (QED) is 0.0806. The molecule has 0 heterocycles. The lowest BCUT2D eigenvalue weighted by Crippen LogP contribution is -2.33. The van der Waals surface area contributed by atoms with E-state index in [0.29, 0.717) is 11.1 Å². The van der Waals surface area contributed by atoms with Gasteiger partial charge in [0, 0.05) is 11.1 Å². The zero-order chi connectivity index (χ0) is 36.1. The van der Waals surface area contributed by atoms with Crippen molar-refractivity contribution in [3.8, 4) is 5.75 Å². The molecule has 4 nitrogen and oxygen atoms in total. The highest BCUT2D eigenvalue weighted by atomic mass is 32.2. The fourth-order valence-electron chi connectivity index (χ4n) is 6.44. The molecule has 0 saturated carbocycles. The molecule has 0 fully saturated rings. The van der Waals surface area contributed by atoms with Crippen molar-refractivity contribution in [1.82, 2.24) is 0 Å². The van der Waals surface area contributed by atoms with E-state index in [2.05, 4.69) is 97.9 Å². The second-order valence-corrected chi connectivity index (χ2v) is 20.2. The van der Waals surface area contributed by atoms with Crippen molar-refractivity contribution in [3.63, 3.8) is 0 Å². The number of benzene rings is 4. The number of hydrogen-bond donors (Lipinski definition) is 1. The minimum Gasteiger partial charge on any atom is -0.744 e. The molecule has 4 aromatic carbocycles. The van der Waals surface area contributed by atoms with E-state index in [1.807, 2.05) is 41.5 Å². The van der Waals surface area contributed by atoms with Crippen LogP contribution in [0.2, 0.25) is 0 Å². The Kier molecular flexibility index (Phi) is 15.1. The van der Waals surface area contributed by atoms with E-state index in [1.54, 1.807) is 0 Å². The number of phenolic OH excluding ortho intramolecular Hbond substituents is 1. The molecule has 0 amide bonds. The predicted octanol–water partition coefficient (Wildman–Crippen LogP) is 10.4. The zero-order valence-corrected chi connectivity index (χ0v) is 32.6. The molecule has 0 atom stereocenters. The van der Waals surface area contributed by atoms with Crippen LogP contribution < -0.4 is 15.9 Å². The van der Waals surface area contributed by atoms with Crippen molar-refractivity contribution in [2.24, 2.45) is 0 Å². The molecular weight excluding hydrogens is 644 g/mol. The van der Waals surface area contributed by atoms with Gasteiger partial charge in [-0.25, -0.2) is 8.42 Å². The van der Waals surface area contributed by atoms with Gasteiger partial charge in [-0.15, -0.1) is 0 Å². The molecule has 4 rings (SSSR count). The van der Waals surface area contributed by atoms with Gasteiger partial charge in [0.2, 0.25) is 0 Å². The van der Waals surface area contributed by atoms with Crippen LogP contribution in [0.3, 0.4) is 0 Å². The van der Waals surface area contributed by atoms with Gasteiger partial charge in [0.25, 0.3) is 0 Å². The number of aromatic hydroxyl groups is 1. The molecule has 0 aliphatic rings. The van der Waals surface area contributed by atoms with Crippen molar-refractivity contribution in [2.75, 3.05) is 6.16 Å². The Bertz CT molecular complexity index is 1520. The van der Waals surface area contributed by atoms with Crippen molar-refractivity contribution in [2.45, 2.75) is 122 Å². The fraction of sp³-hybridized carbons (Fsp3) is 0.442. The van der Waals surface area contributed by atoms with E-state index in [-0.39, 0.29) is 10.6 Å². The van der Waals surface area contributed by atoms with Crippen molar-refractivity contribution >= 4 is 33.3 Å². The van der Waals surface area contributed by atoms with Gasteiger partial charge in [-0.2, -0.15) is 0 Å². The van der Waals surface area contributed by atoms with Gasteiger partial charge in [-0.05, 0) is 72.2 Å². The summed E-state index contributed by atoms with van der Waals surface area (Å²) >= 11 is 0. The Morgan fingerprint density at radius 2 is 0.898 bits per heavy atom. The average molecular weight is 703 g/mol. The third-order valence-electron chi connectivity index (χ3n) is 9.18. The van der Waals surface area contributed by atoms with Crippen LogP contribution in [0.25, 0.3) is 0 Å². The first kappa shape index (κ1) is 40.4. The van der Waals surface area contributed by atoms with E-state index in [9.17, 15) is 18.1 Å². The molecule has 0 radical (unpaired) electrons. The van der Waals surface area contributed by atoms with Crippen LogP contribution in [-0.2, 0) is 20.9 Å². The Hall–Kier alpha value is -2.98. The Balaban J connectivity index is 0.000000295. The largest absolute Gasteiger partial charge is 0.744 e. The van der Waals surface area contributed by atoms with Crippen LogP contribution in [0.1, 0.15) is 117 Å². The monoisotopic (exact) mass is 702 g/mol. The first-order valence-electron chi connectivity index (χ1n) is 18.0. The maximum absolute atomic E-state index is 11.3. The number of rotatable bonds is 14. The summed E-state index contributed by atoms with van der Waals surface area (Å²) in [4.78, 5) is -0.292. The summed E-state index contributed by atoms with van der Waals surface area (Å²) in [7, 11) is -6.17. The molecule has 0 aromatic heterocycles. The molecule has 1 N–H and O–H groups in total. The number of unbranched alkanes of at least 4 members (excludes halogenated alkanes) is 8. The fourth-order valence-corrected chi connectivity index (χ4v) is 11.4. The van der Waals surface area contributed by atoms with Crippen LogP contribution >= 0.6 is 7.26 Å². The van der Waals surface area contributed by atoms with Crippen molar-refractivity contribution < 1.29 is 18.1 Å². The van der Waals surface area contributed by atoms with Gasteiger partial charge in [0.05, 0.1) is 11.1 Å². The van der Waals surface area contributed by atoms with Gasteiger partial charge in [0.1, 0.15) is 39.0 Å². The van der Waals surface area contributed by atoms with E-state index >= 15 is 0 Å². The molecule has 4 aromatic rings. The van der Waals surface area contributed by atoms with Gasteiger partial charge >= 0.3 is 0 Å². The first-order valence-corrected chi connectivity index (χ1v) is 21.4. The Morgan fingerprint density at radius 1 is 0.571 bits per heavy atom. The predicted molar refractivity (Wildman–Crippen MR) is 211 cm³/mol. The van der Waals surface area contributed by atoms with Gasteiger partial charge in [-0.3, -0.25) is 0 Å². The highest BCUT2D eigenvalue weighted by Crippen LogP contribution is 2.56. The highest BCUT2D eigenvalue weighted by molar-refractivity contribution is 7.95. The van der Waals surface area contributed by atoms with Gasteiger partial charge in [-0.1, -0.05) is 148 Å². The normalized spacial score (nSPS) is 12.3. The van der Waals surface area contributed by atoms with Crippen LogP contribution in [0.5, 0.6) is 5.75 Å². The van der Waals surface area contributed by atoms with Gasteiger partial charge in [0.15, 0.2) is 0 Å². The smallest absolute Gasteiger partial charge is 0.124 e. The summed E-state index contributed by atoms with van der Waals surface area (Å²) in [6.45, 7) is 13.4. The molecular formula is C43H59O4PS. The lowest BCUT2D eigenvalue weighted by atomic mass is 9.79. The SMILES string of the molecule is CC(C)(C)c1cc(S(=O)(=O)[O-])cc(C(C)(C)C)c1O.CCCCCCCCCCC[P+](c1ccccc1)(c1ccccc1)c1ccccc1. The average Bonchev–Trinajstić information content (AvgIpc) is 3.06. The maximum Gasteiger partial charge on any atom is 0.124 e. The van der Waals surface area contributed by atoms with E-state index in [0.717, 1.165) is 0 Å². The molecule has 0 aliphatic carbocycles. The molecule has 0 saturated heterocycles. The topological polar surface area (TPSA) is 77.4 Å². The van der Waals surface area contributed by atoms with Crippen LogP contribution in [0, 0.1) is 0 Å². The highest BCUT2D eigenvalue weighted by Gasteiger charge is 2.44. The summed E-state index contributed by atoms with van der Waals surface area (Å²) in [5.41, 5.74) is 0.0268. The van der Waals surface area contributed by atoms with E-state index in [1.165, 1.54) is 92.0 Å². The van der Waals surface area contributed by atoms with E-state index < -0.39 is 28.2 Å². The summed E-state index contributed by atoms with van der Waals surface area (Å²) in [6, 6.07) is 36.4. The first-order chi connectivity index (χ1) is 23.1. The standard InChI is InChI=1S/C29H38P.C14H22O4S/c1-2-3-4-5-6-7-8-9-19-26-30(27-20-13-10-14-21-27,28-22-15-11-16-23-28)29-24-17-12-18-25-29;1-13(2,3)10-7-9(19(16,17)18)8-11(12(10)15)14(4,5)6/h10-18,20-25H,2-9,19,26H2,1H3;7-8,15H,1-6H3,(H,16,17,18)/q+1;/p-1. The molecule has 266 valence electrons. The molecule has 49 heavy (non-hydrogen) atoms. The summed E-state index contributed by atoms with van der Waals surface area (Å²) in [6.07, 6.45) is 13.7. The Morgan fingerprint density at radius 3 is 1.20 bits per heavy atom. The third-order valence-corrected chi connectivity index (χ3v) is 14.5. The number of hydrogen-bond acceptors (Lipinski definition) is 4. The van der Waals surface area contributed by atoms with Crippen LogP contribution in [0.4, 0.5) is 0 Å². The second kappa shape index (κ2) is 18.3. The lowest BCUT2D eigenvalue weighted by molar-refractivity contribution is 0.420. The third kappa shape index (κ3) is 11.5.